The van der Waals surface area contributed by atoms with Gasteiger partial charge in [0, 0.05) is 7.49 Å². The van der Waals surface area contributed by atoms with Crippen LogP contribution in [0.4, 0.5) is 10.2 Å². The number of halogens is 1. The summed E-state index contributed by atoms with van der Waals surface area (Å²) in [6.45, 7) is 2.28. The number of para-hydroxylation sites is 1. The van der Waals surface area contributed by atoms with Crippen molar-refractivity contribution >= 4 is 27.1 Å². The van der Waals surface area contributed by atoms with Crippen molar-refractivity contribution in [2.45, 2.75) is 12.7 Å². The molecule has 5 aromatic rings. The molecular weight excluding hydrogens is 541 g/mol. The number of imidazole rings is 1. The Labute approximate surface area is 230 Å². The van der Waals surface area contributed by atoms with Gasteiger partial charge in [-0.3, -0.25) is 14.3 Å². The number of ether oxygens (including phenoxy) is 3. The largest absolute Gasteiger partial charge is 0.494 e. The second-order valence-electron chi connectivity index (χ2n) is 8.31. The van der Waals surface area contributed by atoms with Crippen molar-refractivity contribution in [1.29, 1.82) is 0 Å². The van der Waals surface area contributed by atoms with Gasteiger partial charge in [-0.1, -0.05) is 12.1 Å². The molecule has 12 nitrogen and oxygen atoms in total. The van der Waals surface area contributed by atoms with Gasteiger partial charge in [0.1, 0.15) is 34.5 Å². The lowest BCUT2D eigenvalue weighted by Crippen LogP contribution is -2.17. The van der Waals surface area contributed by atoms with Crippen molar-refractivity contribution in [3.63, 3.8) is 0 Å². The molecule has 0 fully saturated rings. The minimum Gasteiger partial charge on any atom is -0.494 e. The van der Waals surface area contributed by atoms with Gasteiger partial charge < -0.3 is 14.2 Å². The Morgan fingerprint density at radius 3 is 2.38 bits per heavy atom. The highest BCUT2D eigenvalue weighted by Gasteiger charge is 2.24. The Balaban J connectivity index is 0.00000387. The molecule has 4 aromatic heterocycles. The molecule has 0 saturated heterocycles. The first-order chi connectivity index (χ1) is 19.3. The number of hydrogen-bond donors (Lipinski definition) is 1. The minimum absolute atomic E-state index is 0. The molecule has 5 rings (SSSR count). The van der Waals surface area contributed by atoms with Gasteiger partial charge in [0.05, 0.1) is 38.9 Å². The summed E-state index contributed by atoms with van der Waals surface area (Å²) in [6, 6.07) is 12.9. The van der Waals surface area contributed by atoms with E-state index in [-0.39, 0.29) is 24.2 Å². The van der Waals surface area contributed by atoms with Crippen LogP contribution in [0.5, 0.6) is 17.4 Å². The quantitative estimate of drug-likeness (QED) is 0.263. The van der Waals surface area contributed by atoms with E-state index >= 15 is 0 Å². The third-order valence-electron chi connectivity index (χ3n) is 5.63. The van der Waals surface area contributed by atoms with Crippen LogP contribution < -0.4 is 18.9 Å². The molecule has 1 aromatic carbocycles. The van der Waals surface area contributed by atoms with E-state index in [9.17, 15) is 12.8 Å². The molecule has 0 aliphatic carbocycles. The van der Waals surface area contributed by atoms with E-state index in [1.165, 1.54) is 26.5 Å². The van der Waals surface area contributed by atoms with Crippen molar-refractivity contribution in [1.82, 2.24) is 29.5 Å². The van der Waals surface area contributed by atoms with E-state index in [4.69, 9.17) is 14.2 Å². The third kappa shape index (κ3) is 5.47. The summed E-state index contributed by atoms with van der Waals surface area (Å²) in [5, 5.41) is 0. The third-order valence-corrected chi connectivity index (χ3v) is 6.82. The van der Waals surface area contributed by atoms with Gasteiger partial charge in [-0.05, 0) is 37.3 Å². The first-order valence-electron chi connectivity index (χ1n) is 12.0. The summed E-state index contributed by atoms with van der Waals surface area (Å²) < 4.78 is 59.8. The maximum absolute atomic E-state index is 13.2. The molecule has 0 unspecified atom stereocenters. The summed E-state index contributed by atoms with van der Waals surface area (Å²) >= 11 is 0. The highest BCUT2D eigenvalue weighted by molar-refractivity contribution is 7.91. The summed E-state index contributed by atoms with van der Waals surface area (Å²) in [5.41, 5.74) is 1.49. The lowest BCUT2D eigenvalue weighted by Gasteiger charge is -2.16. The normalized spacial score (nSPS) is 11.4. The second kappa shape index (κ2) is 11.1. The van der Waals surface area contributed by atoms with Crippen LogP contribution >= 0.6 is 0 Å². The molecule has 208 valence electrons. The van der Waals surface area contributed by atoms with E-state index in [0.717, 1.165) is 12.3 Å². The number of methoxy groups -OCH3 is 2. The first kappa shape index (κ1) is 26.7. The maximum Gasteiger partial charge on any atom is 0.239 e. The smallest absolute Gasteiger partial charge is 0.239 e. The molecule has 0 aliphatic rings. The van der Waals surface area contributed by atoms with Crippen LogP contribution in [0.1, 0.15) is 14.0 Å². The van der Waals surface area contributed by atoms with Crippen LogP contribution in [0.15, 0.2) is 60.9 Å². The highest BCUT2D eigenvalue weighted by Crippen LogP contribution is 2.38. The average Bonchev–Trinajstić information content (AvgIpc) is 3.32. The molecule has 0 radical (unpaired) electrons. The molecular formula is C26H26FN7O5S. The monoisotopic (exact) mass is 567 g/mol. The number of nitrogens with zero attached hydrogens (tertiary/aromatic N) is 6. The van der Waals surface area contributed by atoms with Crippen molar-refractivity contribution in [3.05, 3.63) is 72.4 Å². The topological polar surface area (TPSA) is 143 Å². The fourth-order valence-corrected chi connectivity index (χ4v) is 5.04. The second-order valence-corrected chi connectivity index (χ2v) is 10.0. The number of sulfonamides is 1. The highest BCUT2D eigenvalue weighted by atomic mass is 32.2. The molecule has 0 atom stereocenters. The summed E-state index contributed by atoms with van der Waals surface area (Å²) in [6.07, 6.45) is 2.20. The van der Waals surface area contributed by atoms with Crippen LogP contribution in [0.3, 0.4) is 0 Å². The van der Waals surface area contributed by atoms with Gasteiger partial charge in [0.2, 0.25) is 15.9 Å². The fraction of sp³-hybridized carbons (Fsp3) is 0.192. The van der Waals surface area contributed by atoms with E-state index in [1.807, 2.05) is 6.92 Å². The number of fused-ring (bicyclic) bond motifs is 1. The van der Waals surface area contributed by atoms with Gasteiger partial charge >= 0.3 is 0 Å². The Kier molecular flexibility index (Phi) is 7.42. The fourth-order valence-electron chi connectivity index (χ4n) is 3.99. The van der Waals surface area contributed by atoms with E-state index in [1.54, 1.807) is 41.0 Å². The number of benzene rings is 1. The molecule has 40 heavy (non-hydrogen) atoms. The number of aromatic nitrogens is 6. The molecule has 0 amide bonds. The van der Waals surface area contributed by atoms with Gasteiger partial charge in [-0.15, -0.1) is 0 Å². The Morgan fingerprint density at radius 1 is 0.950 bits per heavy atom. The van der Waals surface area contributed by atoms with E-state index in [2.05, 4.69) is 29.6 Å². The standard InChI is InChI=1S/C26H24FN7O5S.H2/c1-4-39-22-10-5-7-18(30-22)25-32-24-26(34(25)23-19(37-2)8-6-9-20(23)38-3)31-21(14-29-24)33-40(35,36)15-17-12-11-16(27)13-28-17;/h5-14H,4,15H2,1-3H3,(H,31,33);1H. The number of anilines is 1. The minimum atomic E-state index is -3.97. The molecule has 0 bridgehead atoms. The Morgan fingerprint density at radius 2 is 1.70 bits per heavy atom. The molecule has 0 saturated carbocycles. The van der Waals surface area contributed by atoms with Gasteiger partial charge in [0.15, 0.2) is 22.9 Å². The SMILES string of the molecule is CCOc1cccc(-c2nc3ncc(NS(=O)(=O)Cc4ccc(F)cn4)nc3n2-c2c(OC)cccc2OC)n1.[HH]. The van der Waals surface area contributed by atoms with Crippen molar-refractivity contribution in [2.75, 3.05) is 25.5 Å². The van der Waals surface area contributed by atoms with Crippen molar-refractivity contribution in [2.24, 2.45) is 0 Å². The van der Waals surface area contributed by atoms with Crippen LogP contribution in [0.2, 0.25) is 0 Å². The number of nitrogens with one attached hydrogen (secondary N) is 1. The predicted octanol–water partition coefficient (Wildman–Crippen LogP) is 4.02. The molecule has 4 heterocycles. The van der Waals surface area contributed by atoms with E-state index < -0.39 is 21.6 Å². The first-order valence-corrected chi connectivity index (χ1v) is 13.6. The van der Waals surface area contributed by atoms with Crippen LogP contribution in [0.25, 0.3) is 28.5 Å². The van der Waals surface area contributed by atoms with Gasteiger partial charge in [-0.25, -0.2) is 32.7 Å². The number of hydrogen-bond acceptors (Lipinski definition) is 10. The van der Waals surface area contributed by atoms with Crippen LogP contribution in [-0.4, -0.2) is 58.7 Å². The summed E-state index contributed by atoms with van der Waals surface area (Å²) in [7, 11) is -0.948. The van der Waals surface area contributed by atoms with Crippen molar-refractivity contribution < 1.29 is 28.4 Å². The number of rotatable bonds is 10. The zero-order valence-corrected chi connectivity index (χ0v) is 22.5. The van der Waals surface area contributed by atoms with Gasteiger partial charge in [-0.2, -0.15) is 0 Å². The summed E-state index contributed by atoms with van der Waals surface area (Å²) in [5.74, 6) is 0.498. The summed E-state index contributed by atoms with van der Waals surface area (Å²) in [4.78, 5) is 22.0. The predicted molar refractivity (Wildman–Crippen MR) is 147 cm³/mol. The molecule has 0 aliphatic heterocycles. The maximum atomic E-state index is 13.2. The molecule has 1 N–H and O–H groups in total. The van der Waals surface area contributed by atoms with Crippen LogP contribution in [0, 0.1) is 5.82 Å². The zero-order chi connectivity index (χ0) is 28.3. The van der Waals surface area contributed by atoms with Gasteiger partial charge in [0.25, 0.3) is 0 Å². The number of pyridine rings is 2. The lowest BCUT2D eigenvalue weighted by atomic mass is 10.2. The lowest BCUT2D eigenvalue weighted by molar-refractivity contribution is 0.327. The molecule has 14 heteroatoms. The Hall–Kier alpha value is -4.85. The zero-order valence-electron chi connectivity index (χ0n) is 21.7. The Bertz CT molecular complexity index is 1760. The van der Waals surface area contributed by atoms with E-state index in [0.29, 0.717) is 41.2 Å². The average molecular weight is 568 g/mol. The van der Waals surface area contributed by atoms with Crippen LogP contribution in [-0.2, 0) is 15.8 Å². The molecule has 0 spiro atoms. The van der Waals surface area contributed by atoms with Crippen molar-refractivity contribution in [3.8, 4) is 34.6 Å².